The molecule has 0 radical (unpaired) electrons. The zero-order chi connectivity index (χ0) is 19.0. The number of pyridine rings is 1. The predicted octanol–water partition coefficient (Wildman–Crippen LogP) is 4.33. The van der Waals surface area contributed by atoms with Crippen LogP contribution >= 0.6 is 27.3 Å². The number of nitrogens with one attached hydrogen (secondary N) is 1. The molecule has 0 saturated heterocycles. The number of carbonyl (C=O) groups excluding carboxylic acids is 1. The van der Waals surface area contributed by atoms with Gasteiger partial charge in [-0.1, -0.05) is 0 Å². The lowest BCUT2D eigenvalue weighted by atomic mass is 10.2. The largest absolute Gasteiger partial charge is 0.307 e. The van der Waals surface area contributed by atoms with Crippen LogP contribution in [-0.4, -0.2) is 30.5 Å². The summed E-state index contributed by atoms with van der Waals surface area (Å²) in [5.41, 5.74) is 1.26. The van der Waals surface area contributed by atoms with Crippen LogP contribution in [0.5, 0.6) is 0 Å². The highest BCUT2D eigenvalue weighted by molar-refractivity contribution is 9.10. The predicted molar refractivity (Wildman–Crippen MR) is 109 cm³/mol. The second-order valence-corrected chi connectivity index (χ2v) is 8.29. The van der Waals surface area contributed by atoms with Gasteiger partial charge in [0.25, 0.3) is 5.91 Å². The van der Waals surface area contributed by atoms with E-state index in [4.69, 9.17) is 0 Å². The van der Waals surface area contributed by atoms with E-state index in [0.29, 0.717) is 17.9 Å². The second-order valence-electron chi connectivity index (χ2n) is 6.38. The average molecular weight is 445 g/mol. The molecule has 4 rings (SSSR count). The third kappa shape index (κ3) is 3.65. The third-order valence-corrected chi connectivity index (χ3v) is 5.75. The molecule has 0 aliphatic heterocycles. The molecule has 0 bridgehead atoms. The molecule has 9 heteroatoms. The number of thiophene rings is 1. The molecule has 0 aliphatic carbocycles. The van der Waals surface area contributed by atoms with Gasteiger partial charge in [0.1, 0.15) is 5.82 Å². The van der Waals surface area contributed by atoms with Crippen molar-refractivity contribution in [3.63, 3.8) is 0 Å². The number of halogens is 1. The van der Waals surface area contributed by atoms with Crippen LogP contribution in [0.3, 0.4) is 0 Å². The van der Waals surface area contributed by atoms with Gasteiger partial charge in [-0.2, -0.15) is 10.2 Å². The molecule has 4 aromatic rings. The molecule has 1 N–H and O–H groups in total. The molecule has 0 fully saturated rings. The highest BCUT2D eigenvalue weighted by Gasteiger charge is 2.14. The molecule has 7 nitrogen and oxygen atoms in total. The highest BCUT2D eigenvalue weighted by atomic mass is 79.9. The number of fused-ring (bicyclic) bond motifs is 1. The Morgan fingerprint density at radius 2 is 2.15 bits per heavy atom. The molecule has 27 heavy (non-hydrogen) atoms. The molecule has 0 aromatic carbocycles. The lowest BCUT2D eigenvalue weighted by Gasteiger charge is -2.09. The zero-order valence-corrected chi connectivity index (χ0v) is 17.2. The van der Waals surface area contributed by atoms with Crippen LogP contribution < -0.4 is 5.32 Å². The Kier molecular flexibility index (Phi) is 4.79. The van der Waals surface area contributed by atoms with Gasteiger partial charge in [0, 0.05) is 38.4 Å². The fraction of sp³-hybridized carbons (Fsp3) is 0.222. The van der Waals surface area contributed by atoms with E-state index < -0.39 is 0 Å². The van der Waals surface area contributed by atoms with Crippen LogP contribution in [-0.2, 0) is 6.54 Å². The monoisotopic (exact) mass is 444 g/mol. The fourth-order valence-corrected chi connectivity index (χ4v) is 4.21. The summed E-state index contributed by atoms with van der Waals surface area (Å²) < 4.78 is 4.64. The van der Waals surface area contributed by atoms with E-state index in [2.05, 4.69) is 36.4 Å². The Bertz CT molecular complexity index is 1110. The number of hydrogen-bond acceptors (Lipinski definition) is 5. The number of amides is 1. The molecule has 4 aromatic heterocycles. The lowest BCUT2D eigenvalue weighted by molar-refractivity contribution is 0.102. The Hall–Kier alpha value is -2.52. The molecular weight excluding hydrogens is 428 g/mol. The van der Waals surface area contributed by atoms with Gasteiger partial charge in [-0.15, -0.1) is 11.3 Å². The second kappa shape index (κ2) is 7.24. The normalized spacial score (nSPS) is 11.4. The van der Waals surface area contributed by atoms with Gasteiger partial charge in [-0.05, 0) is 41.9 Å². The van der Waals surface area contributed by atoms with Crippen LogP contribution in [0, 0.1) is 0 Å². The number of aromatic nitrogens is 5. The molecule has 0 spiro atoms. The number of carbonyl (C=O) groups is 1. The Balaban J connectivity index is 1.54. The number of nitrogens with zero attached hydrogens (tertiary/aromatic N) is 5. The minimum Gasteiger partial charge on any atom is -0.307 e. The van der Waals surface area contributed by atoms with Gasteiger partial charge in [-0.25, -0.2) is 14.3 Å². The van der Waals surface area contributed by atoms with Crippen LogP contribution in [0.15, 0.2) is 46.6 Å². The first-order valence-corrected chi connectivity index (χ1v) is 10.1. The quantitative estimate of drug-likeness (QED) is 0.496. The minimum absolute atomic E-state index is 0.210. The smallest absolute Gasteiger partial charge is 0.258 e. The highest BCUT2D eigenvalue weighted by Crippen LogP contribution is 2.22. The molecule has 1 amide bonds. The lowest BCUT2D eigenvalue weighted by Crippen LogP contribution is -2.16. The first kappa shape index (κ1) is 17.9. The first-order valence-electron chi connectivity index (χ1n) is 8.40. The van der Waals surface area contributed by atoms with Crippen molar-refractivity contribution in [1.29, 1.82) is 0 Å². The van der Waals surface area contributed by atoms with E-state index in [1.165, 1.54) is 0 Å². The molecule has 0 atom stereocenters. The summed E-state index contributed by atoms with van der Waals surface area (Å²) in [5.74, 6) is 0.415. The van der Waals surface area contributed by atoms with Gasteiger partial charge in [-0.3, -0.25) is 4.79 Å². The summed E-state index contributed by atoms with van der Waals surface area (Å²) in [6.07, 6.45) is 4.99. The van der Waals surface area contributed by atoms with Crippen molar-refractivity contribution in [2.75, 3.05) is 5.32 Å². The number of rotatable bonds is 5. The van der Waals surface area contributed by atoms with Gasteiger partial charge in [0.05, 0.1) is 24.5 Å². The molecule has 0 unspecified atom stereocenters. The maximum absolute atomic E-state index is 12.7. The number of anilines is 1. The molecule has 0 saturated carbocycles. The SMILES string of the molecule is CC(C)n1ncc2cc(C(=O)Nc3ccnn3Cc3cc(Br)cs3)cnc21. The maximum Gasteiger partial charge on any atom is 0.258 e. The van der Waals surface area contributed by atoms with E-state index >= 15 is 0 Å². The van der Waals surface area contributed by atoms with E-state index in [1.54, 1.807) is 46.7 Å². The Morgan fingerprint density at radius 1 is 1.30 bits per heavy atom. The fourth-order valence-electron chi connectivity index (χ4n) is 2.78. The van der Waals surface area contributed by atoms with Crippen molar-refractivity contribution >= 4 is 50.0 Å². The van der Waals surface area contributed by atoms with Crippen molar-refractivity contribution in [3.8, 4) is 0 Å². The van der Waals surface area contributed by atoms with Crippen LogP contribution in [0.4, 0.5) is 5.82 Å². The van der Waals surface area contributed by atoms with Crippen LogP contribution in [0.1, 0.15) is 35.1 Å². The standard InChI is InChI=1S/C18H17BrN6OS/c1-11(2)25-17-12(8-22-25)5-13(7-20-17)18(26)23-16-3-4-21-24(16)9-15-6-14(19)10-27-15/h3-8,10-11H,9H2,1-2H3,(H,23,26). The van der Waals surface area contributed by atoms with Crippen LogP contribution in [0.25, 0.3) is 11.0 Å². The van der Waals surface area contributed by atoms with Crippen molar-refractivity contribution in [1.82, 2.24) is 24.5 Å². The summed E-state index contributed by atoms with van der Waals surface area (Å²) in [5, 5.41) is 14.4. The Morgan fingerprint density at radius 3 is 2.89 bits per heavy atom. The summed E-state index contributed by atoms with van der Waals surface area (Å²) in [4.78, 5) is 18.2. The molecule has 138 valence electrons. The minimum atomic E-state index is -0.226. The van der Waals surface area contributed by atoms with Crippen molar-refractivity contribution < 1.29 is 4.79 Å². The third-order valence-electron chi connectivity index (χ3n) is 4.07. The van der Waals surface area contributed by atoms with Gasteiger partial charge in [0.2, 0.25) is 0 Å². The zero-order valence-electron chi connectivity index (χ0n) is 14.8. The van der Waals surface area contributed by atoms with Gasteiger partial charge >= 0.3 is 0 Å². The molecule has 4 heterocycles. The van der Waals surface area contributed by atoms with Crippen LogP contribution in [0.2, 0.25) is 0 Å². The summed E-state index contributed by atoms with van der Waals surface area (Å²) in [7, 11) is 0. The topological polar surface area (TPSA) is 77.6 Å². The Labute approximate surface area is 168 Å². The van der Waals surface area contributed by atoms with E-state index in [9.17, 15) is 4.79 Å². The first-order chi connectivity index (χ1) is 13.0. The molecular formula is C18H17BrN6OS. The van der Waals surface area contributed by atoms with E-state index in [-0.39, 0.29) is 11.9 Å². The van der Waals surface area contributed by atoms with E-state index in [0.717, 1.165) is 20.4 Å². The van der Waals surface area contributed by atoms with E-state index in [1.807, 2.05) is 30.0 Å². The summed E-state index contributed by atoms with van der Waals surface area (Å²) in [6, 6.07) is 5.84. The van der Waals surface area contributed by atoms with Gasteiger partial charge in [0.15, 0.2) is 5.65 Å². The summed E-state index contributed by atoms with van der Waals surface area (Å²) in [6.45, 7) is 4.68. The van der Waals surface area contributed by atoms with Crippen molar-refractivity contribution in [3.05, 3.63) is 57.1 Å². The summed E-state index contributed by atoms with van der Waals surface area (Å²) >= 11 is 5.09. The van der Waals surface area contributed by atoms with Gasteiger partial charge < -0.3 is 5.32 Å². The average Bonchev–Trinajstić information content (AvgIpc) is 3.35. The maximum atomic E-state index is 12.7. The van der Waals surface area contributed by atoms with Crippen molar-refractivity contribution in [2.24, 2.45) is 0 Å². The van der Waals surface area contributed by atoms with Crippen molar-refractivity contribution in [2.45, 2.75) is 26.4 Å². The molecule has 0 aliphatic rings. The number of hydrogen-bond donors (Lipinski definition) is 1.